The van der Waals surface area contributed by atoms with Crippen LogP contribution < -0.4 is 21.7 Å². The van der Waals surface area contributed by atoms with Crippen LogP contribution in [0.15, 0.2) is 25.0 Å². The molecule has 184 valence electrons. The number of imidazole rings is 2. The van der Waals surface area contributed by atoms with Gasteiger partial charge in [0.15, 0.2) is 0 Å². The Morgan fingerprint density at radius 1 is 0.882 bits per heavy atom. The Bertz CT molecular complexity index is 992. The van der Waals surface area contributed by atoms with Gasteiger partial charge in [0.1, 0.15) is 18.1 Å². The Labute approximate surface area is 192 Å². The molecule has 0 spiro atoms. The number of carboxylic acid groups (broad SMARTS) is 2. The number of carboxylic acids is 2. The molecule has 4 atom stereocenters. The summed E-state index contributed by atoms with van der Waals surface area (Å²) in [4.78, 5) is 73.1. The van der Waals surface area contributed by atoms with Crippen molar-refractivity contribution in [3.8, 4) is 0 Å². The second-order valence-electron chi connectivity index (χ2n) is 7.46. The predicted molar refractivity (Wildman–Crippen MR) is 114 cm³/mol. The third-order valence-corrected chi connectivity index (χ3v) is 4.69. The number of nitrogens with one attached hydrogen (secondary N) is 5. The average Bonchev–Trinajstić information content (AvgIpc) is 3.46. The number of carbonyl (C=O) groups is 5. The molecular weight excluding hydrogens is 452 g/mol. The van der Waals surface area contributed by atoms with Crippen LogP contribution in [0.3, 0.4) is 0 Å². The van der Waals surface area contributed by atoms with E-state index in [0.29, 0.717) is 11.4 Å². The summed E-state index contributed by atoms with van der Waals surface area (Å²) >= 11 is 0. The van der Waals surface area contributed by atoms with Gasteiger partial charge in [0.25, 0.3) is 0 Å². The standard InChI is InChI=1S/C19H26N8O7/c1-9(25-17(31)12(20)4-15(28)29)16(30)26-13(2-10-5-21-7-23-10)18(32)27-14(19(33)34)3-11-6-22-8-24-11/h5-9,12-14H,2-4,20H2,1H3,(H,21,23)(H,22,24)(H,25,31)(H,26,30)(H,27,32)(H,28,29)(H,33,34). The van der Waals surface area contributed by atoms with Crippen LogP contribution in [-0.4, -0.2) is 84.0 Å². The molecule has 9 N–H and O–H groups in total. The van der Waals surface area contributed by atoms with Gasteiger partial charge in [-0.05, 0) is 6.92 Å². The number of hydrogen-bond donors (Lipinski definition) is 8. The molecule has 4 unspecified atom stereocenters. The Morgan fingerprint density at radius 2 is 1.41 bits per heavy atom. The zero-order chi connectivity index (χ0) is 25.3. The molecule has 2 heterocycles. The van der Waals surface area contributed by atoms with Crippen LogP contribution in [0.5, 0.6) is 0 Å². The van der Waals surface area contributed by atoms with Crippen LogP contribution in [0.4, 0.5) is 0 Å². The summed E-state index contributed by atoms with van der Waals surface area (Å²) in [5, 5.41) is 25.3. The lowest BCUT2D eigenvalue weighted by atomic mass is 10.1. The first-order valence-electron chi connectivity index (χ1n) is 10.1. The minimum absolute atomic E-state index is 0.0484. The van der Waals surface area contributed by atoms with Gasteiger partial charge in [-0.3, -0.25) is 19.2 Å². The van der Waals surface area contributed by atoms with Crippen LogP contribution in [0.25, 0.3) is 0 Å². The first kappa shape index (κ1) is 26.0. The number of aromatic amines is 2. The summed E-state index contributed by atoms with van der Waals surface area (Å²) in [6.07, 6.45) is 4.85. The van der Waals surface area contributed by atoms with Gasteiger partial charge in [-0.25, -0.2) is 14.8 Å². The minimum Gasteiger partial charge on any atom is -0.481 e. The van der Waals surface area contributed by atoms with Crippen LogP contribution in [-0.2, 0) is 36.8 Å². The average molecular weight is 478 g/mol. The van der Waals surface area contributed by atoms with Crippen molar-refractivity contribution in [1.82, 2.24) is 35.9 Å². The lowest BCUT2D eigenvalue weighted by Crippen LogP contribution is -2.57. The van der Waals surface area contributed by atoms with Gasteiger partial charge in [0.2, 0.25) is 17.7 Å². The van der Waals surface area contributed by atoms with E-state index < -0.39 is 60.2 Å². The fraction of sp³-hybridized carbons (Fsp3) is 0.421. The van der Waals surface area contributed by atoms with E-state index >= 15 is 0 Å². The maximum atomic E-state index is 12.9. The van der Waals surface area contributed by atoms with Crippen molar-refractivity contribution in [3.63, 3.8) is 0 Å². The van der Waals surface area contributed by atoms with E-state index in [9.17, 15) is 29.1 Å². The number of nitrogens with two attached hydrogens (primary N) is 1. The van der Waals surface area contributed by atoms with Gasteiger partial charge < -0.3 is 41.9 Å². The maximum absolute atomic E-state index is 12.9. The number of aliphatic carboxylic acids is 2. The summed E-state index contributed by atoms with van der Waals surface area (Å²) in [5.41, 5.74) is 6.45. The number of H-pyrrole nitrogens is 2. The molecule has 0 bridgehead atoms. The summed E-state index contributed by atoms with van der Waals surface area (Å²) in [6.45, 7) is 1.32. The van der Waals surface area contributed by atoms with E-state index in [2.05, 4.69) is 35.9 Å². The molecule has 0 saturated heterocycles. The molecule has 0 aliphatic carbocycles. The number of rotatable bonds is 13. The van der Waals surface area contributed by atoms with Crippen molar-refractivity contribution < 1.29 is 34.2 Å². The summed E-state index contributed by atoms with van der Waals surface area (Å²) in [7, 11) is 0. The number of amides is 3. The fourth-order valence-corrected chi connectivity index (χ4v) is 2.88. The lowest BCUT2D eigenvalue weighted by molar-refractivity contribution is -0.142. The van der Waals surface area contributed by atoms with Crippen molar-refractivity contribution in [2.75, 3.05) is 0 Å². The molecule has 34 heavy (non-hydrogen) atoms. The Kier molecular flexibility index (Phi) is 9.25. The molecule has 0 fully saturated rings. The van der Waals surface area contributed by atoms with Crippen LogP contribution in [0.1, 0.15) is 24.7 Å². The highest BCUT2D eigenvalue weighted by atomic mass is 16.4. The second-order valence-corrected chi connectivity index (χ2v) is 7.46. The molecule has 0 aliphatic rings. The van der Waals surface area contributed by atoms with Gasteiger partial charge in [0, 0.05) is 36.6 Å². The predicted octanol–water partition coefficient (Wildman–Crippen LogP) is -2.72. The lowest BCUT2D eigenvalue weighted by Gasteiger charge is -2.23. The Hall–Kier alpha value is -4.27. The minimum atomic E-state index is -1.37. The largest absolute Gasteiger partial charge is 0.481 e. The van der Waals surface area contributed by atoms with Gasteiger partial charge in [0.05, 0.1) is 25.1 Å². The zero-order valence-electron chi connectivity index (χ0n) is 18.1. The first-order valence-corrected chi connectivity index (χ1v) is 10.1. The third kappa shape index (κ3) is 8.01. The summed E-state index contributed by atoms with van der Waals surface area (Å²) < 4.78 is 0. The SMILES string of the molecule is CC(NC(=O)C(N)CC(=O)O)C(=O)NC(Cc1cnc[nH]1)C(=O)NC(Cc1cnc[nH]1)C(=O)O. The van der Waals surface area contributed by atoms with Gasteiger partial charge >= 0.3 is 11.9 Å². The zero-order valence-corrected chi connectivity index (χ0v) is 18.1. The van der Waals surface area contributed by atoms with E-state index in [4.69, 9.17) is 10.8 Å². The second kappa shape index (κ2) is 12.1. The number of carbonyl (C=O) groups excluding carboxylic acids is 3. The highest BCUT2D eigenvalue weighted by Gasteiger charge is 2.30. The monoisotopic (exact) mass is 478 g/mol. The molecule has 2 rings (SSSR count). The Balaban J connectivity index is 2.07. The highest BCUT2D eigenvalue weighted by Crippen LogP contribution is 2.04. The van der Waals surface area contributed by atoms with Gasteiger partial charge in [-0.1, -0.05) is 0 Å². The topological polar surface area (TPSA) is 245 Å². The quantitative estimate of drug-likeness (QED) is 0.148. The van der Waals surface area contributed by atoms with E-state index in [1.54, 1.807) is 0 Å². The van der Waals surface area contributed by atoms with Crippen molar-refractivity contribution in [2.45, 2.75) is 50.4 Å². The van der Waals surface area contributed by atoms with Crippen LogP contribution in [0, 0.1) is 0 Å². The van der Waals surface area contributed by atoms with Crippen LogP contribution >= 0.6 is 0 Å². The molecule has 3 amide bonds. The molecular formula is C19H26N8O7. The summed E-state index contributed by atoms with van der Waals surface area (Å²) in [6, 6.07) is -5.05. The third-order valence-electron chi connectivity index (χ3n) is 4.69. The van der Waals surface area contributed by atoms with E-state index in [0.717, 1.165) is 0 Å². The van der Waals surface area contributed by atoms with Gasteiger partial charge in [-0.15, -0.1) is 0 Å². The van der Waals surface area contributed by atoms with Crippen molar-refractivity contribution in [3.05, 3.63) is 36.4 Å². The molecule has 15 heteroatoms. The number of nitrogens with zero attached hydrogens (tertiary/aromatic N) is 2. The Morgan fingerprint density at radius 3 is 1.88 bits per heavy atom. The van der Waals surface area contributed by atoms with E-state index in [1.807, 2.05) is 0 Å². The normalized spacial score (nSPS) is 14.3. The molecule has 0 saturated carbocycles. The molecule has 2 aromatic rings. The summed E-state index contributed by atoms with van der Waals surface area (Å²) in [5.74, 6) is -4.97. The fourth-order valence-electron chi connectivity index (χ4n) is 2.88. The van der Waals surface area contributed by atoms with E-state index in [-0.39, 0.29) is 12.8 Å². The van der Waals surface area contributed by atoms with Crippen molar-refractivity contribution in [2.24, 2.45) is 5.73 Å². The maximum Gasteiger partial charge on any atom is 0.326 e. The molecule has 0 radical (unpaired) electrons. The smallest absolute Gasteiger partial charge is 0.326 e. The molecule has 0 aromatic carbocycles. The first-order chi connectivity index (χ1) is 16.1. The number of aromatic nitrogens is 4. The molecule has 15 nitrogen and oxygen atoms in total. The van der Waals surface area contributed by atoms with Crippen LogP contribution in [0.2, 0.25) is 0 Å². The van der Waals surface area contributed by atoms with Gasteiger partial charge in [-0.2, -0.15) is 0 Å². The van der Waals surface area contributed by atoms with Crippen molar-refractivity contribution >= 4 is 29.7 Å². The number of hydrogen-bond acceptors (Lipinski definition) is 8. The molecule has 0 aliphatic heterocycles. The molecule has 2 aromatic heterocycles. The highest BCUT2D eigenvalue weighted by molar-refractivity contribution is 5.94. The van der Waals surface area contributed by atoms with Crippen molar-refractivity contribution in [1.29, 1.82) is 0 Å². The van der Waals surface area contributed by atoms with E-state index in [1.165, 1.54) is 32.0 Å².